The van der Waals surface area contributed by atoms with Crippen molar-refractivity contribution in [3.63, 3.8) is 0 Å². The van der Waals surface area contributed by atoms with E-state index in [4.69, 9.17) is 4.98 Å². The number of nitrogens with zero attached hydrogens (tertiary/aromatic N) is 2. The minimum atomic E-state index is -0.222. The van der Waals surface area contributed by atoms with Crippen LogP contribution in [0.25, 0.3) is 17.0 Å². The van der Waals surface area contributed by atoms with E-state index in [1.54, 1.807) is 18.2 Å². The molecule has 34 heavy (non-hydrogen) atoms. The van der Waals surface area contributed by atoms with Crippen molar-refractivity contribution < 1.29 is 4.39 Å². The van der Waals surface area contributed by atoms with Crippen molar-refractivity contribution in [2.75, 3.05) is 13.6 Å². The summed E-state index contributed by atoms with van der Waals surface area (Å²) < 4.78 is 13.6. The molecule has 0 spiro atoms. The van der Waals surface area contributed by atoms with Gasteiger partial charge in [0.1, 0.15) is 5.82 Å². The summed E-state index contributed by atoms with van der Waals surface area (Å²) in [5.74, 6) is -0.222. The fourth-order valence-corrected chi connectivity index (χ4v) is 3.92. The molecule has 5 heteroatoms. The van der Waals surface area contributed by atoms with E-state index in [2.05, 4.69) is 29.9 Å². The lowest BCUT2D eigenvalue weighted by molar-refractivity contribution is 0.613. The first-order valence-electron chi connectivity index (χ1n) is 11.4. The zero-order valence-electron chi connectivity index (χ0n) is 19.9. The van der Waals surface area contributed by atoms with Gasteiger partial charge in [-0.25, -0.2) is 4.39 Å². The molecule has 1 heterocycles. The van der Waals surface area contributed by atoms with Gasteiger partial charge in [0.15, 0.2) is 0 Å². The van der Waals surface area contributed by atoms with E-state index in [0.717, 1.165) is 52.2 Å². The molecule has 1 atom stereocenters. The van der Waals surface area contributed by atoms with Crippen molar-refractivity contribution in [3.8, 4) is 17.3 Å². The van der Waals surface area contributed by atoms with Crippen LogP contribution in [-0.2, 0) is 12.8 Å². The van der Waals surface area contributed by atoms with Crippen LogP contribution in [0.1, 0.15) is 35.7 Å². The van der Waals surface area contributed by atoms with E-state index in [0.29, 0.717) is 18.5 Å². The van der Waals surface area contributed by atoms with E-state index in [-0.39, 0.29) is 11.9 Å². The Morgan fingerprint density at radius 2 is 1.88 bits per heavy atom. The summed E-state index contributed by atoms with van der Waals surface area (Å²) in [4.78, 5) is 4.94. The molecule has 2 aromatic carbocycles. The minimum Gasteiger partial charge on any atom is -0.383 e. The van der Waals surface area contributed by atoms with Crippen LogP contribution in [0.15, 0.2) is 79.4 Å². The first kappa shape index (κ1) is 24.9. The van der Waals surface area contributed by atoms with Crippen molar-refractivity contribution in [3.05, 3.63) is 108 Å². The molecule has 1 aromatic heterocycles. The monoisotopic (exact) mass is 454 g/mol. The Kier molecular flexibility index (Phi) is 8.73. The Labute approximate surface area is 201 Å². The Bertz CT molecular complexity index is 1210. The molecule has 2 N–H and O–H groups in total. The third-order valence-corrected chi connectivity index (χ3v) is 5.85. The maximum absolute atomic E-state index is 13.6. The van der Waals surface area contributed by atoms with Crippen molar-refractivity contribution in [1.29, 1.82) is 5.26 Å². The Morgan fingerprint density at radius 1 is 1.09 bits per heavy atom. The quantitative estimate of drug-likeness (QED) is 0.367. The minimum absolute atomic E-state index is 0.128. The number of nitriles is 1. The number of pyridine rings is 1. The zero-order chi connectivity index (χ0) is 24.5. The number of likely N-dealkylation sites (N-methyl/N-ethyl adjacent to an activating group) is 1. The van der Waals surface area contributed by atoms with E-state index in [1.807, 2.05) is 50.4 Å². The van der Waals surface area contributed by atoms with Crippen molar-refractivity contribution in [2.45, 2.75) is 32.2 Å². The van der Waals surface area contributed by atoms with Gasteiger partial charge in [0.05, 0.1) is 23.0 Å². The Hall–Kier alpha value is -3.75. The molecule has 174 valence electrons. The van der Waals surface area contributed by atoms with E-state index in [9.17, 15) is 9.65 Å². The summed E-state index contributed by atoms with van der Waals surface area (Å²) in [5, 5.41) is 16.2. The highest BCUT2D eigenvalue weighted by molar-refractivity contribution is 5.71. The maximum Gasteiger partial charge on any atom is 0.123 e. The van der Waals surface area contributed by atoms with Gasteiger partial charge in [0.2, 0.25) is 0 Å². The predicted molar refractivity (Wildman–Crippen MR) is 138 cm³/mol. The van der Waals surface area contributed by atoms with Crippen LogP contribution in [0.2, 0.25) is 0 Å². The van der Waals surface area contributed by atoms with Gasteiger partial charge in [-0.05, 0) is 69.1 Å². The number of hydrogen-bond donors (Lipinski definition) is 2. The highest BCUT2D eigenvalue weighted by Gasteiger charge is 2.14. The number of aryl methyl sites for hydroxylation is 2. The molecule has 0 radical (unpaired) electrons. The summed E-state index contributed by atoms with van der Waals surface area (Å²) in [5.41, 5.74) is 6.77. The summed E-state index contributed by atoms with van der Waals surface area (Å²) in [6.45, 7) is 10.9. The summed E-state index contributed by atoms with van der Waals surface area (Å²) >= 11 is 0. The SMILES string of the molecule is C=C(NCC(NC)C(=C)C)c1ccc(-c2ccccc2C#N)nc1CCCc1cccc(F)c1. The van der Waals surface area contributed by atoms with Gasteiger partial charge in [0.25, 0.3) is 0 Å². The molecule has 0 aliphatic rings. The molecule has 3 aromatic rings. The van der Waals surface area contributed by atoms with Crippen LogP contribution in [0, 0.1) is 17.1 Å². The van der Waals surface area contributed by atoms with Gasteiger partial charge >= 0.3 is 0 Å². The number of rotatable bonds is 11. The smallest absolute Gasteiger partial charge is 0.123 e. The molecular formula is C29H31FN4. The topological polar surface area (TPSA) is 60.7 Å². The summed E-state index contributed by atoms with van der Waals surface area (Å²) in [6.07, 6.45) is 2.26. The van der Waals surface area contributed by atoms with Gasteiger partial charge in [-0.1, -0.05) is 49.1 Å². The fourth-order valence-electron chi connectivity index (χ4n) is 3.92. The van der Waals surface area contributed by atoms with Crippen LogP contribution in [0.5, 0.6) is 0 Å². The fraction of sp³-hybridized carbons (Fsp3) is 0.241. The number of aromatic nitrogens is 1. The standard InChI is InChI=1S/C29H31FN4/c1-20(2)29(32-4)19-33-21(3)25-15-16-28(26-13-6-5-11-23(26)18-31)34-27(25)14-8-10-22-9-7-12-24(30)17-22/h5-7,9,11-13,15-17,29,32-33H,1,3,8,10,14,19H2,2,4H3. The molecule has 0 aliphatic heterocycles. The van der Waals surface area contributed by atoms with Crippen LogP contribution < -0.4 is 10.6 Å². The lowest BCUT2D eigenvalue weighted by Gasteiger charge is -2.20. The van der Waals surface area contributed by atoms with Crippen LogP contribution in [-0.4, -0.2) is 24.6 Å². The normalized spacial score (nSPS) is 11.5. The van der Waals surface area contributed by atoms with Crippen LogP contribution in [0.3, 0.4) is 0 Å². The highest BCUT2D eigenvalue weighted by Crippen LogP contribution is 2.26. The van der Waals surface area contributed by atoms with Gasteiger partial charge in [-0.2, -0.15) is 5.26 Å². The molecule has 0 aliphatic carbocycles. The van der Waals surface area contributed by atoms with Crippen molar-refractivity contribution in [2.24, 2.45) is 0 Å². The average molecular weight is 455 g/mol. The first-order chi connectivity index (χ1) is 16.4. The van der Waals surface area contributed by atoms with Gasteiger partial charge < -0.3 is 10.6 Å². The van der Waals surface area contributed by atoms with E-state index < -0.39 is 0 Å². The number of nitrogens with one attached hydrogen (secondary N) is 2. The Morgan fingerprint density at radius 3 is 2.59 bits per heavy atom. The van der Waals surface area contributed by atoms with E-state index in [1.165, 1.54) is 6.07 Å². The first-order valence-corrected chi connectivity index (χ1v) is 11.4. The third-order valence-electron chi connectivity index (χ3n) is 5.85. The predicted octanol–water partition coefficient (Wildman–Crippen LogP) is 5.66. The second-order valence-electron chi connectivity index (χ2n) is 8.38. The molecule has 0 bridgehead atoms. The molecule has 1 unspecified atom stereocenters. The van der Waals surface area contributed by atoms with Crippen LogP contribution >= 0.6 is 0 Å². The second kappa shape index (κ2) is 11.9. The molecule has 0 saturated carbocycles. The molecule has 4 nitrogen and oxygen atoms in total. The molecule has 0 amide bonds. The highest BCUT2D eigenvalue weighted by atomic mass is 19.1. The average Bonchev–Trinajstić information content (AvgIpc) is 2.84. The summed E-state index contributed by atoms with van der Waals surface area (Å²) in [7, 11) is 1.91. The molecule has 0 fully saturated rings. The largest absolute Gasteiger partial charge is 0.383 e. The van der Waals surface area contributed by atoms with Crippen molar-refractivity contribution >= 4 is 5.70 Å². The number of halogens is 1. The molecule has 0 saturated heterocycles. The maximum atomic E-state index is 13.6. The zero-order valence-corrected chi connectivity index (χ0v) is 19.9. The van der Waals surface area contributed by atoms with Gasteiger partial charge in [-0.3, -0.25) is 4.98 Å². The number of benzene rings is 2. The van der Waals surface area contributed by atoms with E-state index >= 15 is 0 Å². The summed E-state index contributed by atoms with van der Waals surface area (Å²) in [6, 6.07) is 20.5. The van der Waals surface area contributed by atoms with Crippen LogP contribution in [0.4, 0.5) is 4.39 Å². The third kappa shape index (κ3) is 6.40. The van der Waals surface area contributed by atoms with Crippen molar-refractivity contribution in [1.82, 2.24) is 15.6 Å². The number of hydrogen-bond acceptors (Lipinski definition) is 4. The molecular weight excluding hydrogens is 423 g/mol. The molecule has 3 rings (SSSR count). The Balaban J connectivity index is 1.86. The second-order valence-corrected chi connectivity index (χ2v) is 8.38. The lowest BCUT2D eigenvalue weighted by Crippen LogP contribution is -2.36. The lowest BCUT2D eigenvalue weighted by atomic mass is 9.99. The van der Waals surface area contributed by atoms with Gasteiger partial charge in [0, 0.05) is 29.4 Å². The van der Waals surface area contributed by atoms with Gasteiger partial charge in [-0.15, -0.1) is 0 Å².